The Balaban J connectivity index is 1.46. The van der Waals surface area contributed by atoms with Crippen LogP contribution in [0.3, 0.4) is 0 Å². The molecule has 2 unspecified atom stereocenters. The summed E-state index contributed by atoms with van der Waals surface area (Å²) in [6.45, 7) is 27.9. The van der Waals surface area contributed by atoms with Crippen LogP contribution in [0.15, 0.2) is 133 Å². The van der Waals surface area contributed by atoms with Crippen molar-refractivity contribution in [1.29, 1.82) is 0 Å². The van der Waals surface area contributed by atoms with Crippen LogP contribution in [0.2, 0.25) is 0 Å². The molecule has 0 bridgehead atoms. The third kappa shape index (κ3) is 8.44. The molecule has 0 N–H and O–H groups in total. The van der Waals surface area contributed by atoms with Gasteiger partial charge in [0.2, 0.25) is 0 Å². The van der Waals surface area contributed by atoms with Crippen LogP contribution in [0.25, 0.3) is 54.2 Å². The van der Waals surface area contributed by atoms with Crippen LogP contribution >= 0.6 is 17.6 Å². The highest BCUT2D eigenvalue weighted by Crippen LogP contribution is 2.45. The van der Waals surface area contributed by atoms with E-state index in [1.165, 1.54) is 87.1 Å². The Labute approximate surface area is 361 Å². The molecule has 4 heteroatoms. The minimum atomic E-state index is -0.170. The molecule has 0 spiro atoms. The van der Waals surface area contributed by atoms with Crippen molar-refractivity contribution in [2.75, 3.05) is 0 Å². The molecule has 0 aromatic heterocycles. The highest BCUT2D eigenvalue weighted by Gasteiger charge is 2.31. The van der Waals surface area contributed by atoms with Crippen molar-refractivity contribution in [1.82, 2.24) is 0 Å². The van der Waals surface area contributed by atoms with E-state index in [0.717, 1.165) is 11.5 Å². The molecule has 60 heavy (non-hydrogen) atoms. The molecule has 0 saturated carbocycles. The predicted molar refractivity (Wildman–Crippen MR) is 267 cm³/mol. The summed E-state index contributed by atoms with van der Waals surface area (Å²) in [6.07, 6.45) is 0. The highest BCUT2D eigenvalue weighted by atomic mass is 31.1. The molecule has 8 aromatic carbocycles. The van der Waals surface area contributed by atoms with Crippen LogP contribution in [0, 0.1) is 0 Å². The van der Waals surface area contributed by atoms with Gasteiger partial charge >= 0.3 is 0 Å². The van der Waals surface area contributed by atoms with Gasteiger partial charge in [-0.25, -0.2) is 0 Å². The summed E-state index contributed by atoms with van der Waals surface area (Å²) in [5, 5.41) is 12.3. The summed E-state index contributed by atoms with van der Waals surface area (Å²) < 4.78 is 14.0. The van der Waals surface area contributed by atoms with Crippen LogP contribution < -0.4 is 19.7 Å². The first-order chi connectivity index (χ1) is 28.3. The van der Waals surface area contributed by atoms with Gasteiger partial charge in [-0.1, -0.05) is 180 Å². The first-order valence-electron chi connectivity index (χ1n) is 21.3. The fourth-order valence-electron chi connectivity index (χ4n) is 8.34. The smallest absolute Gasteiger partial charge is 0.124 e. The van der Waals surface area contributed by atoms with Crippen molar-refractivity contribution in [3.63, 3.8) is 0 Å². The van der Waals surface area contributed by atoms with E-state index in [9.17, 15) is 0 Å². The van der Waals surface area contributed by atoms with Gasteiger partial charge in [0, 0.05) is 21.7 Å². The number of hydrogen-bond donors (Lipinski definition) is 0. The number of benzene rings is 8. The lowest BCUT2D eigenvalue weighted by molar-refractivity contribution is 0.589. The zero-order valence-corrected chi connectivity index (χ0v) is 39.5. The van der Waals surface area contributed by atoms with Crippen molar-refractivity contribution in [2.24, 2.45) is 0 Å². The normalized spacial score (nSPS) is 13.2. The van der Waals surface area contributed by atoms with Crippen LogP contribution in [-0.2, 0) is 21.7 Å². The minimum absolute atomic E-state index is 0.00168. The zero-order valence-electron chi connectivity index (χ0n) is 37.5. The third-order valence-electron chi connectivity index (χ3n) is 11.9. The van der Waals surface area contributed by atoms with Gasteiger partial charge < -0.3 is 9.05 Å². The van der Waals surface area contributed by atoms with E-state index in [0.29, 0.717) is 0 Å². The Morgan fingerprint density at radius 2 is 0.700 bits per heavy atom. The molecule has 0 aliphatic heterocycles. The Hall–Kier alpha value is -4.74. The van der Waals surface area contributed by atoms with Gasteiger partial charge in [-0.3, -0.25) is 0 Å². The topological polar surface area (TPSA) is 18.5 Å². The van der Waals surface area contributed by atoms with E-state index in [2.05, 4.69) is 217 Å². The first kappa shape index (κ1) is 42.0. The summed E-state index contributed by atoms with van der Waals surface area (Å²) in [4.78, 5) is 0. The lowest BCUT2D eigenvalue weighted by Gasteiger charge is -2.31. The minimum Gasteiger partial charge on any atom is -0.472 e. The summed E-state index contributed by atoms with van der Waals surface area (Å²) in [5.41, 5.74) is 7.43. The fourth-order valence-corrected chi connectivity index (χ4v) is 10.9. The second kappa shape index (κ2) is 15.6. The summed E-state index contributed by atoms with van der Waals surface area (Å²) in [7, 11) is 0.130. The average molecular weight is 827 g/mol. The SMILES string of the molecule is CC(C)(C)c1ccc2c(-c3c(POc4ccc5ccccc5c4)c(C(C)(C)C)cc4cc(C(C)(C)C)ccc34)c(POc3ccc4ccccc4c3)c(C(C)(C)C)cc2c1. The standard InChI is InChI=1S/C56H60O2P2/c1-53(2,3)41-23-27-45-39(29-41)33-47(55(7,8)9)51(59-57-43-25-21-35-17-13-15-19-37(35)31-43)49(45)50-46-28-24-42(54(4,5)6)30-40(46)34-48(56(10,11)12)52(50)60-58-44-26-22-36-18-14-16-20-38(36)32-44/h13-34,59-60H,1-12H3. The molecule has 2 atom stereocenters. The Morgan fingerprint density at radius 1 is 0.333 bits per heavy atom. The predicted octanol–water partition coefficient (Wildman–Crippen LogP) is 15.8. The van der Waals surface area contributed by atoms with Gasteiger partial charge in [-0.05, 0) is 123 Å². The van der Waals surface area contributed by atoms with Gasteiger partial charge in [-0.15, -0.1) is 0 Å². The molecular formula is C56H60O2P2. The zero-order chi connectivity index (χ0) is 42.8. The van der Waals surface area contributed by atoms with Crippen molar-refractivity contribution in [3.8, 4) is 22.6 Å². The number of fused-ring (bicyclic) bond motifs is 4. The monoisotopic (exact) mass is 826 g/mol. The average Bonchev–Trinajstić information content (AvgIpc) is 3.19. The number of rotatable bonds is 7. The molecule has 0 amide bonds. The first-order valence-corrected chi connectivity index (χ1v) is 23.1. The maximum atomic E-state index is 7.01. The van der Waals surface area contributed by atoms with Gasteiger partial charge in [0.05, 0.1) is 0 Å². The summed E-state index contributed by atoms with van der Waals surface area (Å²) in [6, 6.07) is 49.2. The van der Waals surface area contributed by atoms with Gasteiger partial charge in [0.15, 0.2) is 0 Å². The molecule has 306 valence electrons. The lowest BCUT2D eigenvalue weighted by atomic mass is 9.78. The van der Waals surface area contributed by atoms with E-state index in [1.54, 1.807) is 0 Å². The molecule has 2 nitrogen and oxygen atoms in total. The van der Waals surface area contributed by atoms with Crippen LogP contribution in [0.4, 0.5) is 0 Å². The van der Waals surface area contributed by atoms with Crippen LogP contribution in [0.1, 0.15) is 105 Å². The Bertz CT molecular complexity index is 2710. The quantitative estimate of drug-likeness (QED) is 0.149. The molecular weight excluding hydrogens is 767 g/mol. The molecule has 8 aromatic rings. The molecule has 0 heterocycles. The van der Waals surface area contributed by atoms with Crippen LogP contribution in [0.5, 0.6) is 11.5 Å². The lowest BCUT2D eigenvalue weighted by Crippen LogP contribution is -2.26. The second-order valence-corrected chi connectivity index (χ2v) is 22.5. The molecule has 0 aliphatic carbocycles. The molecule has 0 fully saturated rings. The summed E-state index contributed by atoms with van der Waals surface area (Å²) in [5.74, 6) is 1.76. The Morgan fingerprint density at radius 3 is 1.05 bits per heavy atom. The van der Waals surface area contributed by atoms with Crippen molar-refractivity contribution in [3.05, 3.63) is 156 Å². The fraction of sp³-hybridized carbons (Fsp3) is 0.286. The van der Waals surface area contributed by atoms with Gasteiger partial charge in [-0.2, -0.15) is 0 Å². The van der Waals surface area contributed by atoms with Crippen LogP contribution in [-0.4, -0.2) is 0 Å². The summed E-state index contributed by atoms with van der Waals surface area (Å²) >= 11 is 0. The maximum Gasteiger partial charge on any atom is 0.124 e. The van der Waals surface area contributed by atoms with Crippen molar-refractivity contribution < 1.29 is 9.05 Å². The van der Waals surface area contributed by atoms with E-state index < -0.39 is 0 Å². The molecule has 0 saturated heterocycles. The van der Waals surface area contributed by atoms with Gasteiger partial charge in [0.25, 0.3) is 0 Å². The molecule has 0 aliphatic rings. The maximum absolute atomic E-state index is 7.01. The number of hydrogen-bond acceptors (Lipinski definition) is 2. The van der Waals surface area contributed by atoms with E-state index >= 15 is 0 Å². The Kier molecular flexibility index (Phi) is 10.9. The van der Waals surface area contributed by atoms with E-state index in [1.807, 2.05) is 0 Å². The third-order valence-corrected chi connectivity index (χ3v) is 14.0. The van der Waals surface area contributed by atoms with Crippen molar-refractivity contribution >= 4 is 71.3 Å². The van der Waals surface area contributed by atoms with Crippen molar-refractivity contribution in [2.45, 2.75) is 105 Å². The largest absolute Gasteiger partial charge is 0.472 e. The van der Waals surface area contributed by atoms with Gasteiger partial charge in [0.1, 0.15) is 29.1 Å². The molecule has 0 radical (unpaired) electrons. The van der Waals surface area contributed by atoms with E-state index in [4.69, 9.17) is 9.05 Å². The van der Waals surface area contributed by atoms with E-state index in [-0.39, 0.29) is 39.3 Å². The highest BCUT2D eigenvalue weighted by molar-refractivity contribution is 7.44. The molecule has 8 rings (SSSR count). The second-order valence-electron chi connectivity index (χ2n) is 20.6.